The Bertz CT molecular complexity index is 1560. The molecule has 0 spiro atoms. The number of hydrogen-bond donors (Lipinski definition) is 2. The Labute approximate surface area is 220 Å². The van der Waals surface area contributed by atoms with Gasteiger partial charge in [-0.1, -0.05) is 23.7 Å². The number of amides is 3. The van der Waals surface area contributed by atoms with Crippen LogP contribution in [0, 0.1) is 6.92 Å². The van der Waals surface area contributed by atoms with Crippen molar-refractivity contribution in [2.75, 3.05) is 11.9 Å². The van der Waals surface area contributed by atoms with Gasteiger partial charge in [0.25, 0.3) is 5.91 Å². The number of anilines is 1. The Hall–Kier alpha value is -4.45. The van der Waals surface area contributed by atoms with Crippen molar-refractivity contribution in [3.63, 3.8) is 0 Å². The first-order chi connectivity index (χ1) is 18.2. The van der Waals surface area contributed by atoms with Crippen molar-refractivity contribution < 1.29 is 18.8 Å². The van der Waals surface area contributed by atoms with Gasteiger partial charge >= 0.3 is 0 Å². The van der Waals surface area contributed by atoms with Crippen LogP contribution in [0.2, 0.25) is 5.15 Å². The van der Waals surface area contributed by atoms with E-state index in [-0.39, 0.29) is 36.2 Å². The number of primary amides is 1. The Kier molecular flexibility index (Phi) is 6.72. The molecule has 3 N–H and O–H groups in total. The molecule has 1 fully saturated rings. The number of carbonyl (C=O) groups excluding carboxylic acids is 3. The Morgan fingerprint density at radius 1 is 1.16 bits per heavy atom. The summed E-state index contributed by atoms with van der Waals surface area (Å²) in [4.78, 5) is 51.9. The molecule has 194 valence electrons. The van der Waals surface area contributed by atoms with E-state index < -0.39 is 29.9 Å². The molecule has 13 heteroatoms. The quantitative estimate of drug-likeness (QED) is 0.359. The lowest BCUT2D eigenvalue weighted by molar-refractivity contribution is -0.137. The number of benzene rings is 1. The number of aryl methyl sites for hydroxylation is 1. The summed E-state index contributed by atoms with van der Waals surface area (Å²) in [5, 5.41) is 7.46. The number of nitrogens with one attached hydrogen (secondary N) is 1. The number of carbonyl (C=O) groups is 3. The van der Waals surface area contributed by atoms with Gasteiger partial charge in [0, 0.05) is 29.8 Å². The molecular formula is C25H22ClFN8O3. The highest BCUT2D eigenvalue weighted by Crippen LogP contribution is 2.27. The zero-order valence-corrected chi connectivity index (χ0v) is 20.9. The van der Waals surface area contributed by atoms with Gasteiger partial charge in [-0.2, -0.15) is 5.10 Å². The summed E-state index contributed by atoms with van der Waals surface area (Å²) in [6.45, 7) is 1.19. The van der Waals surface area contributed by atoms with Gasteiger partial charge in [-0.3, -0.25) is 19.1 Å². The standard InChI is InChI=1S/C25H22ClFN8O3/c1-13-29-9-15(10-30-13)14-5-6-18-17(7-14)23(24(28)37)33-35(18)12-22(36)34-11-16(27)8-19(34)25(38)32-21-4-2-3-20(26)31-21/h2-7,9-10,16,19H,8,11-12H2,1H3,(H2,28,37)(H,31,32,38)/t16-,19+/m1/s1. The summed E-state index contributed by atoms with van der Waals surface area (Å²) >= 11 is 5.87. The highest BCUT2D eigenvalue weighted by atomic mass is 35.5. The third kappa shape index (κ3) is 5.02. The molecule has 5 rings (SSSR count). The molecule has 4 aromatic rings. The van der Waals surface area contributed by atoms with E-state index in [9.17, 15) is 18.8 Å². The lowest BCUT2D eigenvalue weighted by Crippen LogP contribution is -2.44. The van der Waals surface area contributed by atoms with Gasteiger partial charge in [0.2, 0.25) is 11.8 Å². The molecule has 3 aromatic heterocycles. The SMILES string of the molecule is Cc1ncc(-c2ccc3c(c2)c(C(N)=O)nn3CC(=O)N2C[C@H](F)C[C@H]2C(=O)Nc2cccc(Cl)n2)cn1. The third-order valence-corrected chi connectivity index (χ3v) is 6.43. The smallest absolute Gasteiger partial charge is 0.269 e. The molecular weight excluding hydrogens is 515 g/mol. The first kappa shape index (κ1) is 25.2. The van der Waals surface area contributed by atoms with Crippen molar-refractivity contribution in [3.8, 4) is 11.1 Å². The average Bonchev–Trinajstić information content (AvgIpc) is 3.45. The maximum absolute atomic E-state index is 14.4. The summed E-state index contributed by atoms with van der Waals surface area (Å²) < 4.78 is 15.7. The van der Waals surface area contributed by atoms with Crippen molar-refractivity contribution in [1.29, 1.82) is 0 Å². The number of fused-ring (bicyclic) bond motifs is 1. The van der Waals surface area contributed by atoms with Crippen LogP contribution in [0.4, 0.5) is 10.2 Å². The maximum atomic E-state index is 14.4. The Morgan fingerprint density at radius 2 is 1.92 bits per heavy atom. The molecule has 0 radical (unpaired) electrons. The fourth-order valence-electron chi connectivity index (χ4n) is 4.42. The fraction of sp³-hybridized carbons (Fsp3) is 0.240. The molecule has 1 aromatic carbocycles. The van der Waals surface area contributed by atoms with E-state index in [2.05, 4.69) is 25.4 Å². The zero-order valence-electron chi connectivity index (χ0n) is 20.1. The van der Waals surface area contributed by atoms with Crippen molar-refractivity contribution in [2.45, 2.75) is 32.1 Å². The van der Waals surface area contributed by atoms with Gasteiger partial charge < -0.3 is 16.0 Å². The van der Waals surface area contributed by atoms with Gasteiger partial charge in [0.15, 0.2) is 5.69 Å². The van der Waals surface area contributed by atoms with Crippen LogP contribution in [-0.2, 0) is 16.1 Å². The predicted molar refractivity (Wildman–Crippen MR) is 137 cm³/mol. The molecule has 0 saturated carbocycles. The number of likely N-dealkylation sites (tertiary alicyclic amines) is 1. The van der Waals surface area contributed by atoms with Crippen LogP contribution in [0.25, 0.3) is 22.0 Å². The van der Waals surface area contributed by atoms with E-state index in [0.717, 1.165) is 11.1 Å². The maximum Gasteiger partial charge on any atom is 0.269 e. The average molecular weight is 537 g/mol. The number of alkyl halides is 1. The molecule has 0 unspecified atom stereocenters. The van der Waals surface area contributed by atoms with Gasteiger partial charge in [-0.15, -0.1) is 0 Å². The van der Waals surface area contributed by atoms with Crippen molar-refractivity contribution in [1.82, 2.24) is 29.6 Å². The number of halogens is 2. The monoisotopic (exact) mass is 536 g/mol. The van der Waals surface area contributed by atoms with Crippen molar-refractivity contribution in [3.05, 3.63) is 65.5 Å². The van der Waals surface area contributed by atoms with Crippen LogP contribution >= 0.6 is 11.6 Å². The largest absolute Gasteiger partial charge is 0.364 e. The first-order valence-electron chi connectivity index (χ1n) is 11.7. The molecule has 11 nitrogen and oxygen atoms in total. The Morgan fingerprint density at radius 3 is 2.63 bits per heavy atom. The minimum atomic E-state index is -1.38. The second kappa shape index (κ2) is 10.1. The highest BCUT2D eigenvalue weighted by Gasteiger charge is 2.40. The van der Waals surface area contributed by atoms with Crippen molar-refractivity contribution >= 4 is 46.0 Å². The number of pyridine rings is 1. The molecule has 0 aliphatic carbocycles. The van der Waals surface area contributed by atoms with Crippen LogP contribution < -0.4 is 11.1 Å². The summed E-state index contributed by atoms with van der Waals surface area (Å²) in [6.07, 6.45) is 1.78. The van der Waals surface area contributed by atoms with Crippen molar-refractivity contribution in [2.24, 2.45) is 5.73 Å². The third-order valence-electron chi connectivity index (χ3n) is 6.22. The minimum absolute atomic E-state index is 0.0196. The van der Waals surface area contributed by atoms with Gasteiger partial charge in [-0.25, -0.2) is 19.3 Å². The number of aromatic nitrogens is 5. The number of hydrogen-bond acceptors (Lipinski definition) is 7. The van der Waals surface area contributed by atoms with Crippen LogP contribution in [0.5, 0.6) is 0 Å². The lowest BCUT2D eigenvalue weighted by Gasteiger charge is -2.23. The second-order valence-corrected chi connectivity index (χ2v) is 9.24. The summed E-state index contributed by atoms with van der Waals surface area (Å²) in [5.41, 5.74) is 7.48. The van der Waals surface area contributed by atoms with E-state index in [0.29, 0.717) is 16.7 Å². The molecule has 0 bridgehead atoms. The van der Waals surface area contributed by atoms with Gasteiger partial charge in [0.05, 0.1) is 12.1 Å². The molecule has 4 heterocycles. The topological polar surface area (TPSA) is 149 Å². The fourth-order valence-corrected chi connectivity index (χ4v) is 4.58. The normalized spacial score (nSPS) is 17.1. The van der Waals surface area contributed by atoms with Crippen LogP contribution in [0.3, 0.4) is 0 Å². The first-order valence-corrected chi connectivity index (χ1v) is 12.0. The van der Waals surface area contributed by atoms with Gasteiger partial charge in [-0.05, 0) is 36.8 Å². The number of rotatable bonds is 6. The lowest BCUT2D eigenvalue weighted by atomic mass is 10.1. The molecule has 3 amide bonds. The Balaban J connectivity index is 1.41. The number of nitrogens with two attached hydrogens (primary N) is 1. The van der Waals surface area contributed by atoms with Crippen LogP contribution in [-0.4, -0.2) is 66.1 Å². The molecule has 1 aliphatic rings. The van der Waals surface area contributed by atoms with E-state index >= 15 is 0 Å². The minimum Gasteiger partial charge on any atom is -0.364 e. The molecule has 38 heavy (non-hydrogen) atoms. The van der Waals surface area contributed by atoms with E-state index in [1.807, 2.05) is 0 Å². The number of nitrogens with zero attached hydrogens (tertiary/aromatic N) is 6. The van der Waals surface area contributed by atoms with E-state index in [4.69, 9.17) is 17.3 Å². The highest BCUT2D eigenvalue weighted by molar-refractivity contribution is 6.29. The molecule has 1 saturated heterocycles. The van der Waals surface area contributed by atoms with Crippen LogP contribution in [0.15, 0.2) is 48.8 Å². The van der Waals surface area contributed by atoms with E-state index in [1.165, 1.54) is 15.6 Å². The summed E-state index contributed by atoms with van der Waals surface area (Å²) in [7, 11) is 0. The van der Waals surface area contributed by atoms with E-state index in [1.54, 1.807) is 49.6 Å². The second-order valence-electron chi connectivity index (χ2n) is 8.85. The summed E-state index contributed by atoms with van der Waals surface area (Å²) in [5.74, 6) is -1.08. The van der Waals surface area contributed by atoms with Crippen LogP contribution in [0.1, 0.15) is 22.7 Å². The van der Waals surface area contributed by atoms with Gasteiger partial charge in [0.1, 0.15) is 35.6 Å². The predicted octanol–water partition coefficient (Wildman–Crippen LogP) is 2.53. The summed E-state index contributed by atoms with van der Waals surface area (Å²) in [6, 6.07) is 8.85. The molecule has 1 aliphatic heterocycles. The zero-order chi connectivity index (χ0) is 27.0. The molecule has 2 atom stereocenters.